The summed E-state index contributed by atoms with van der Waals surface area (Å²) in [6.45, 7) is 26.7. The largest absolute Gasteiger partial charge is 0.340 e. The van der Waals surface area contributed by atoms with Gasteiger partial charge in [-0.1, -0.05) is 91.7 Å². The van der Waals surface area contributed by atoms with Gasteiger partial charge in [0, 0.05) is 18.0 Å². The van der Waals surface area contributed by atoms with Crippen LogP contribution in [0.4, 0.5) is 0 Å². The van der Waals surface area contributed by atoms with Crippen LogP contribution in [0.5, 0.6) is 0 Å². The third-order valence-electron chi connectivity index (χ3n) is 5.95. The fourth-order valence-electron chi connectivity index (χ4n) is 4.44. The third kappa shape index (κ3) is 8.74. The molecule has 0 aliphatic heterocycles. The van der Waals surface area contributed by atoms with Crippen LogP contribution in [-0.4, -0.2) is 16.5 Å². The SMILES string of the molecule is C=CC=NC(=C\C)/C(C)=N/C(=C\C)c1cc(C(=C)CCC)c(C)n1C1CCCCC1.CC.CC. The van der Waals surface area contributed by atoms with Crippen molar-refractivity contribution in [1.29, 1.82) is 0 Å². The van der Waals surface area contributed by atoms with E-state index in [4.69, 9.17) is 4.99 Å². The maximum atomic E-state index is 5.02. The molecule has 3 heteroatoms. The van der Waals surface area contributed by atoms with E-state index < -0.39 is 0 Å². The minimum atomic E-state index is 0.544. The zero-order valence-corrected chi connectivity index (χ0v) is 23.7. The van der Waals surface area contributed by atoms with Crippen molar-refractivity contribution < 1.29 is 0 Å². The molecule has 1 aliphatic rings. The van der Waals surface area contributed by atoms with Gasteiger partial charge in [0.05, 0.1) is 22.8 Å². The van der Waals surface area contributed by atoms with Crippen LogP contribution in [0.25, 0.3) is 11.3 Å². The van der Waals surface area contributed by atoms with E-state index in [1.807, 2.05) is 47.6 Å². The van der Waals surface area contributed by atoms with Gasteiger partial charge in [-0.05, 0) is 64.2 Å². The van der Waals surface area contributed by atoms with E-state index in [9.17, 15) is 0 Å². The Hall–Kier alpha value is -2.42. The standard InChI is InChI=1S/C27H39N3.2C2H6/c1-8-15-20(5)24-19-27(30(22(24)7)23-16-13-12-14-17-23)26(11-4)29-21(6)25(10-3)28-18-9-2;2*1-2/h9-11,18-19,23H,2,5,8,12-17H2,1,3-4,6-7H3;2*1-2H3/b25-10-,26-11-,28-18?,29-21+;;. The van der Waals surface area contributed by atoms with Crippen LogP contribution < -0.4 is 0 Å². The lowest BCUT2D eigenvalue weighted by atomic mass is 9.94. The molecular weight excluding hydrogens is 414 g/mol. The zero-order valence-electron chi connectivity index (χ0n) is 23.7. The highest BCUT2D eigenvalue weighted by Gasteiger charge is 2.24. The molecule has 0 spiro atoms. The van der Waals surface area contributed by atoms with Gasteiger partial charge in [0.25, 0.3) is 0 Å². The number of hydrogen-bond acceptors (Lipinski definition) is 2. The second-order valence-electron chi connectivity index (χ2n) is 8.10. The molecule has 3 nitrogen and oxygen atoms in total. The predicted octanol–water partition coefficient (Wildman–Crippen LogP) is 10.1. The molecule has 34 heavy (non-hydrogen) atoms. The summed E-state index contributed by atoms with van der Waals surface area (Å²) >= 11 is 0. The minimum absolute atomic E-state index is 0.544. The quantitative estimate of drug-likeness (QED) is 0.325. The van der Waals surface area contributed by atoms with Crippen LogP contribution in [0.15, 0.2) is 53.1 Å². The van der Waals surface area contributed by atoms with E-state index in [2.05, 4.69) is 55.6 Å². The summed E-state index contributed by atoms with van der Waals surface area (Å²) in [7, 11) is 0. The monoisotopic (exact) mass is 465 g/mol. The molecule has 1 fully saturated rings. The normalized spacial score (nSPS) is 15.4. The average Bonchev–Trinajstić information content (AvgIpc) is 3.23. The molecule has 1 heterocycles. The topological polar surface area (TPSA) is 29.6 Å². The Balaban J connectivity index is 0.00000258. The highest BCUT2D eigenvalue weighted by atomic mass is 15.1. The van der Waals surface area contributed by atoms with E-state index in [-0.39, 0.29) is 0 Å². The van der Waals surface area contributed by atoms with E-state index >= 15 is 0 Å². The maximum Gasteiger partial charge on any atom is 0.0828 e. The predicted molar refractivity (Wildman–Crippen MR) is 157 cm³/mol. The molecule has 0 unspecified atom stereocenters. The smallest absolute Gasteiger partial charge is 0.0828 e. The Kier molecular flexibility index (Phi) is 16.7. The zero-order chi connectivity index (χ0) is 26.1. The molecule has 0 aromatic carbocycles. The van der Waals surface area contributed by atoms with Crippen molar-refractivity contribution in [3.63, 3.8) is 0 Å². The van der Waals surface area contributed by atoms with Gasteiger partial charge in [-0.25, -0.2) is 4.99 Å². The Labute approximate surface area is 211 Å². The lowest BCUT2D eigenvalue weighted by molar-refractivity contribution is 0.348. The van der Waals surface area contributed by atoms with E-state index in [0.717, 1.165) is 29.9 Å². The van der Waals surface area contributed by atoms with E-state index in [1.165, 1.54) is 54.6 Å². The van der Waals surface area contributed by atoms with Crippen LogP contribution in [-0.2, 0) is 0 Å². The van der Waals surface area contributed by atoms with Gasteiger partial charge in [-0.3, -0.25) is 4.99 Å². The molecule has 0 radical (unpaired) electrons. The molecular formula is C31H51N3. The number of rotatable bonds is 9. The van der Waals surface area contributed by atoms with Crippen LogP contribution in [0.2, 0.25) is 0 Å². The summed E-state index contributed by atoms with van der Waals surface area (Å²) in [5.74, 6) is 0. The lowest BCUT2D eigenvalue weighted by Gasteiger charge is -2.27. The van der Waals surface area contributed by atoms with Gasteiger partial charge in [-0.15, -0.1) is 0 Å². The van der Waals surface area contributed by atoms with Gasteiger partial charge < -0.3 is 4.57 Å². The molecule has 0 bridgehead atoms. The van der Waals surface area contributed by atoms with Crippen LogP contribution in [0, 0.1) is 6.92 Å². The van der Waals surface area contributed by atoms with Crippen LogP contribution >= 0.6 is 0 Å². The van der Waals surface area contributed by atoms with Crippen molar-refractivity contribution in [3.05, 3.63) is 60.1 Å². The Bertz CT molecular complexity index is 869. The number of allylic oxidation sites excluding steroid dienone is 5. The Morgan fingerprint density at radius 1 is 1.09 bits per heavy atom. The average molecular weight is 466 g/mol. The number of aromatic nitrogens is 1. The number of aliphatic imine (C=N–C) groups is 2. The summed E-state index contributed by atoms with van der Waals surface area (Å²) in [6, 6.07) is 2.86. The molecule has 0 atom stereocenters. The first-order valence-corrected chi connectivity index (χ1v) is 13.4. The van der Waals surface area contributed by atoms with E-state index in [0.29, 0.717) is 6.04 Å². The number of nitrogens with zero attached hydrogens (tertiary/aromatic N) is 3. The molecule has 0 N–H and O–H groups in total. The Morgan fingerprint density at radius 2 is 1.71 bits per heavy atom. The highest BCUT2D eigenvalue weighted by molar-refractivity contribution is 6.02. The summed E-state index contributed by atoms with van der Waals surface area (Å²) in [5.41, 5.74) is 7.84. The first-order valence-electron chi connectivity index (χ1n) is 13.4. The fourth-order valence-corrected chi connectivity index (χ4v) is 4.44. The van der Waals surface area contributed by atoms with Gasteiger partial charge in [0.1, 0.15) is 0 Å². The molecule has 1 saturated carbocycles. The second kappa shape index (κ2) is 18.0. The van der Waals surface area contributed by atoms with Crippen molar-refractivity contribution >= 4 is 23.2 Å². The summed E-state index contributed by atoms with van der Waals surface area (Å²) in [6.07, 6.45) is 16.1. The first kappa shape index (κ1) is 31.6. The van der Waals surface area contributed by atoms with Gasteiger partial charge >= 0.3 is 0 Å². The summed E-state index contributed by atoms with van der Waals surface area (Å²) in [4.78, 5) is 9.48. The number of hydrogen-bond donors (Lipinski definition) is 0. The van der Waals surface area contributed by atoms with Crippen LogP contribution in [0.3, 0.4) is 0 Å². The Morgan fingerprint density at radius 3 is 2.21 bits per heavy atom. The third-order valence-corrected chi connectivity index (χ3v) is 5.95. The second-order valence-corrected chi connectivity index (χ2v) is 8.10. The van der Waals surface area contributed by atoms with Gasteiger partial charge in [0.15, 0.2) is 0 Å². The van der Waals surface area contributed by atoms with Crippen molar-refractivity contribution in [2.24, 2.45) is 9.98 Å². The summed E-state index contributed by atoms with van der Waals surface area (Å²) < 4.78 is 2.55. The van der Waals surface area contributed by atoms with Crippen molar-refractivity contribution in [3.8, 4) is 0 Å². The van der Waals surface area contributed by atoms with Gasteiger partial charge in [-0.2, -0.15) is 0 Å². The van der Waals surface area contributed by atoms with Crippen molar-refractivity contribution in [2.75, 3.05) is 0 Å². The van der Waals surface area contributed by atoms with E-state index in [1.54, 1.807) is 12.3 Å². The molecule has 0 saturated heterocycles. The van der Waals surface area contributed by atoms with Crippen molar-refractivity contribution in [2.45, 2.75) is 113 Å². The van der Waals surface area contributed by atoms with Gasteiger partial charge in [0.2, 0.25) is 0 Å². The molecule has 2 rings (SSSR count). The summed E-state index contributed by atoms with van der Waals surface area (Å²) in [5, 5.41) is 0. The lowest BCUT2D eigenvalue weighted by Crippen LogP contribution is -2.16. The van der Waals surface area contributed by atoms with Crippen LogP contribution in [0.1, 0.15) is 123 Å². The highest BCUT2D eigenvalue weighted by Crippen LogP contribution is 2.37. The minimum Gasteiger partial charge on any atom is -0.340 e. The molecule has 0 amide bonds. The first-order chi connectivity index (χ1) is 16.5. The molecule has 1 aliphatic carbocycles. The molecule has 190 valence electrons. The fraction of sp³-hybridized carbons (Fsp3) is 0.548. The van der Waals surface area contributed by atoms with Crippen molar-refractivity contribution in [1.82, 2.24) is 4.57 Å². The molecule has 1 aromatic rings. The molecule has 1 aromatic heterocycles. The maximum absolute atomic E-state index is 5.02.